The molecule has 0 saturated carbocycles. The highest BCUT2D eigenvalue weighted by molar-refractivity contribution is 5.95. The van der Waals surface area contributed by atoms with Crippen LogP contribution in [-0.4, -0.2) is 54.9 Å². The van der Waals surface area contributed by atoms with Crippen LogP contribution in [0.5, 0.6) is 5.88 Å². The molecule has 26 heavy (non-hydrogen) atoms. The standard InChI is InChI=1S/C19H20FN3O3/c1-13(24)14-3-5-17(16(20)11-14)22-7-9-23(10-8-22)19(25)15-4-6-18(26-2)21-12-15/h3-6,11-12H,7-10H2,1-2H3. The number of hydrogen-bond donors (Lipinski definition) is 0. The largest absolute Gasteiger partial charge is 0.481 e. The monoisotopic (exact) mass is 357 g/mol. The van der Waals surface area contributed by atoms with E-state index in [9.17, 15) is 14.0 Å². The number of hydrogen-bond acceptors (Lipinski definition) is 5. The zero-order chi connectivity index (χ0) is 18.7. The summed E-state index contributed by atoms with van der Waals surface area (Å²) in [5.74, 6) is -0.237. The van der Waals surface area contributed by atoms with Crippen molar-refractivity contribution in [2.24, 2.45) is 0 Å². The van der Waals surface area contributed by atoms with Crippen LogP contribution in [-0.2, 0) is 0 Å². The molecule has 1 fully saturated rings. The second-order valence-corrected chi connectivity index (χ2v) is 6.09. The molecule has 1 aromatic carbocycles. The molecular formula is C19H20FN3O3. The average molecular weight is 357 g/mol. The molecule has 2 heterocycles. The first-order chi connectivity index (χ1) is 12.5. The van der Waals surface area contributed by atoms with Crippen LogP contribution in [0.25, 0.3) is 0 Å². The van der Waals surface area contributed by atoms with Gasteiger partial charge in [0.1, 0.15) is 5.82 Å². The molecule has 0 unspecified atom stereocenters. The lowest BCUT2D eigenvalue weighted by molar-refractivity contribution is 0.0746. The van der Waals surface area contributed by atoms with Crippen LogP contribution in [0, 0.1) is 5.82 Å². The number of anilines is 1. The lowest BCUT2D eigenvalue weighted by Crippen LogP contribution is -2.49. The summed E-state index contributed by atoms with van der Waals surface area (Å²) in [5.41, 5.74) is 1.30. The molecule has 1 amide bonds. The van der Waals surface area contributed by atoms with E-state index < -0.39 is 5.82 Å². The summed E-state index contributed by atoms with van der Waals surface area (Å²) in [4.78, 5) is 31.5. The van der Waals surface area contributed by atoms with Crippen molar-refractivity contribution < 1.29 is 18.7 Å². The topological polar surface area (TPSA) is 62.7 Å². The Bertz CT molecular complexity index is 815. The zero-order valence-corrected chi connectivity index (χ0v) is 14.7. The average Bonchev–Trinajstić information content (AvgIpc) is 2.67. The van der Waals surface area contributed by atoms with Crippen LogP contribution in [0.4, 0.5) is 10.1 Å². The summed E-state index contributed by atoms with van der Waals surface area (Å²) < 4.78 is 19.3. The van der Waals surface area contributed by atoms with Gasteiger partial charge < -0.3 is 14.5 Å². The molecule has 3 rings (SSSR count). The molecular weight excluding hydrogens is 337 g/mol. The fourth-order valence-corrected chi connectivity index (χ4v) is 2.94. The number of halogens is 1. The van der Waals surface area contributed by atoms with Crippen molar-refractivity contribution in [3.8, 4) is 5.88 Å². The Morgan fingerprint density at radius 2 is 1.77 bits per heavy atom. The van der Waals surface area contributed by atoms with Crippen molar-refractivity contribution in [1.82, 2.24) is 9.88 Å². The van der Waals surface area contributed by atoms with Gasteiger partial charge in [0.25, 0.3) is 5.91 Å². The Morgan fingerprint density at radius 3 is 2.31 bits per heavy atom. The number of amides is 1. The number of Topliss-reactive ketones (excluding diaryl/α,β-unsaturated/α-hetero) is 1. The number of carbonyl (C=O) groups excluding carboxylic acids is 2. The molecule has 0 atom stereocenters. The summed E-state index contributed by atoms with van der Waals surface area (Å²) in [6, 6.07) is 7.84. The van der Waals surface area contributed by atoms with Crippen LogP contribution < -0.4 is 9.64 Å². The van der Waals surface area contributed by atoms with Gasteiger partial charge >= 0.3 is 0 Å². The normalized spacial score (nSPS) is 14.3. The molecule has 136 valence electrons. The second-order valence-electron chi connectivity index (χ2n) is 6.09. The minimum atomic E-state index is -0.420. The maximum atomic E-state index is 14.3. The molecule has 1 aromatic heterocycles. The van der Waals surface area contributed by atoms with Crippen molar-refractivity contribution in [3.05, 3.63) is 53.5 Å². The van der Waals surface area contributed by atoms with E-state index in [2.05, 4.69) is 4.98 Å². The number of carbonyl (C=O) groups is 2. The molecule has 1 aliphatic heterocycles. The first-order valence-electron chi connectivity index (χ1n) is 8.34. The van der Waals surface area contributed by atoms with E-state index in [1.165, 1.54) is 26.3 Å². The number of methoxy groups -OCH3 is 1. The minimum Gasteiger partial charge on any atom is -0.481 e. The molecule has 0 spiro atoms. The Balaban J connectivity index is 1.65. The number of aromatic nitrogens is 1. The van der Waals surface area contributed by atoms with E-state index >= 15 is 0 Å². The summed E-state index contributed by atoms with van der Waals surface area (Å²) in [6.45, 7) is 3.42. The van der Waals surface area contributed by atoms with Crippen molar-refractivity contribution in [2.75, 3.05) is 38.2 Å². The third kappa shape index (κ3) is 3.66. The van der Waals surface area contributed by atoms with Gasteiger partial charge in [-0.1, -0.05) is 0 Å². The Morgan fingerprint density at radius 1 is 1.08 bits per heavy atom. The Labute approximate surface area is 151 Å². The molecule has 2 aromatic rings. The Kier molecular flexibility index (Phi) is 5.16. The number of ketones is 1. The van der Waals surface area contributed by atoms with Crippen molar-refractivity contribution in [1.29, 1.82) is 0 Å². The van der Waals surface area contributed by atoms with Crippen LogP contribution in [0.15, 0.2) is 36.5 Å². The molecule has 0 aliphatic carbocycles. The maximum absolute atomic E-state index is 14.3. The van der Waals surface area contributed by atoms with Gasteiger partial charge in [-0.15, -0.1) is 0 Å². The summed E-state index contributed by atoms with van der Waals surface area (Å²) in [6.07, 6.45) is 1.49. The van der Waals surface area contributed by atoms with Gasteiger partial charge in [-0.05, 0) is 31.2 Å². The number of ether oxygens (including phenoxy) is 1. The first kappa shape index (κ1) is 17.8. The van der Waals surface area contributed by atoms with Crippen molar-refractivity contribution in [3.63, 3.8) is 0 Å². The SMILES string of the molecule is COc1ccc(C(=O)N2CCN(c3ccc(C(C)=O)cc3F)CC2)cn1. The van der Waals surface area contributed by atoms with Gasteiger partial charge in [0.15, 0.2) is 5.78 Å². The van der Waals surface area contributed by atoms with Crippen molar-refractivity contribution >= 4 is 17.4 Å². The van der Waals surface area contributed by atoms with Crippen LogP contribution in [0.3, 0.4) is 0 Å². The highest BCUT2D eigenvalue weighted by atomic mass is 19.1. The third-order valence-corrected chi connectivity index (χ3v) is 4.45. The van der Waals surface area contributed by atoms with E-state index in [0.717, 1.165) is 0 Å². The van der Waals surface area contributed by atoms with Crippen LogP contribution >= 0.6 is 0 Å². The highest BCUT2D eigenvalue weighted by Crippen LogP contribution is 2.23. The van der Waals surface area contributed by atoms with Gasteiger partial charge in [-0.3, -0.25) is 9.59 Å². The highest BCUT2D eigenvalue weighted by Gasteiger charge is 2.24. The molecule has 1 saturated heterocycles. The number of nitrogens with zero attached hydrogens (tertiary/aromatic N) is 3. The van der Waals surface area contributed by atoms with Gasteiger partial charge in [-0.2, -0.15) is 0 Å². The third-order valence-electron chi connectivity index (χ3n) is 4.45. The molecule has 0 N–H and O–H groups in total. The molecule has 1 aliphatic rings. The number of benzene rings is 1. The number of rotatable bonds is 4. The summed E-state index contributed by atoms with van der Waals surface area (Å²) >= 11 is 0. The molecule has 7 heteroatoms. The quantitative estimate of drug-likeness (QED) is 0.787. The predicted molar refractivity (Wildman–Crippen MR) is 95.3 cm³/mol. The molecule has 6 nitrogen and oxygen atoms in total. The first-order valence-corrected chi connectivity index (χ1v) is 8.34. The van der Waals surface area contributed by atoms with Gasteiger partial charge in [0, 0.05) is 44.0 Å². The van der Waals surface area contributed by atoms with E-state index in [0.29, 0.717) is 48.9 Å². The van der Waals surface area contributed by atoms with E-state index in [-0.39, 0.29) is 11.7 Å². The fraction of sp³-hybridized carbons (Fsp3) is 0.316. The van der Waals surface area contributed by atoms with Gasteiger partial charge in [0.2, 0.25) is 5.88 Å². The lowest BCUT2D eigenvalue weighted by Gasteiger charge is -2.36. The van der Waals surface area contributed by atoms with E-state index in [1.807, 2.05) is 4.90 Å². The van der Waals surface area contributed by atoms with Crippen LogP contribution in [0.2, 0.25) is 0 Å². The summed E-state index contributed by atoms with van der Waals surface area (Å²) in [5, 5.41) is 0. The number of piperazine rings is 1. The van der Waals surface area contributed by atoms with Gasteiger partial charge in [-0.25, -0.2) is 9.37 Å². The second kappa shape index (κ2) is 7.51. The lowest BCUT2D eigenvalue weighted by atomic mass is 10.1. The van der Waals surface area contributed by atoms with Crippen LogP contribution in [0.1, 0.15) is 27.6 Å². The molecule has 0 radical (unpaired) electrons. The van der Waals surface area contributed by atoms with Gasteiger partial charge in [0.05, 0.1) is 18.4 Å². The van der Waals surface area contributed by atoms with Crippen molar-refractivity contribution in [2.45, 2.75) is 6.92 Å². The smallest absolute Gasteiger partial charge is 0.255 e. The maximum Gasteiger partial charge on any atom is 0.255 e. The molecule has 0 bridgehead atoms. The van der Waals surface area contributed by atoms with E-state index in [4.69, 9.17) is 4.74 Å². The minimum absolute atomic E-state index is 0.104. The zero-order valence-electron chi connectivity index (χ0n) is 14.7. The summed E-state index contributed by atoms with van der Waals surface area (Å²) in [7, 11) is 1.52. The van der Waals surface area contributed by atoms with E-state index in [1.54, 1.807) is 29.2 Å². The number of pyridine rings is 1. The Hall–Kier alpha value is -2.96. The fourth-order valence-electron chi connectivity index (χ4n) is 2.94. The predicted octanol–water partition coefficient (Wildman–Crippen LogP) is 2.39.